The minimum absolute atomic E-state index is 0.0138. The van der Waals surface area contributed by atoms with Gasteiger partial charge in [0.25, 0.3) is 0 Å². The third-order valence-corrected chi connectivity index (χ3v) is 4.57. The van der Waals surface area contributed by atoms with Gasteiger partial charge in [0.1, 0.15) is 12.3 Å². The molecule has 0 saturated carbocycles. The molecule has 0 bridgehead atoms. The second kappa shape index (κ2) is 8.52. The number of aromatic carboxylic acids is 1. The molecule has 6 N–H and O–H groups in total. The Morgan fingerprint density at radius 1 is 1.58 bits per heavy atom. The van der Waals surface area contributed by atoms with E-state index in [1.54, 1.807) is 28.4 Å². The highest BCUT2D eigenvalue weighted by Gasteiger charge is 2.19. The molecule has 0 spiro atoms. The number of aliphatic hydroxyl groups is 1. The highest BCUT2D eigenvalue weighted by atomic mass is 32.2. The molecule has 10 heteroatoms. The van der Waals surface area contributed by atoms with Crippen molar-refractivity contribution in [3.8, 4) is 0 Å². The first-order valence-electron chi connectivity index (χ1n) is 7.50. The normalized spacial score (nSPS) is 12.4. The predicted octanol–water partition coefficient (Wildman–Crippen LogP) is 1.30. The smallest absolute Gasteiger partial charge is 0.337 e. The van der Waals surface area contributed by atoms with Crippen molar-refractivity contribution in [1.29, 1.82) is 0 Å². The Balaban J connectivity index is 2.54. The summed E-state index contributed by atoms with van der Waals surface area (Å²) in [5, 5.41) is 23.1. The molecule has 9 nitrogen and oxygen atoms in total. The summed E-state index contributed by atoms with van der Waals surface area (Å²) in [4.78, 5) is 16.9. The van der Waals surface area contributed by atoms with Crippen LogP contribution in [0.2, 0.25) is 0 Å². The fourth-order valence-electron chi connectivity index (χ4n) is 2.24. The monoisotopic (exact) mass is 376 g/mol. The highest BCUT2D eigenvalue weighted by Crippen LogP contribution is 2.26. The molecule has 138 valence electrons. The van der Waals surface area contributed by atoms with Crippen LogP contribution in [0.4, 0.5) is 5.69 Å². The Morgan fingerprint density at radius 3 is 2.88 bits per heavy atom. The summed E-state index contributed by atoms with van der Waals surface area (Å²) in [7, 11) is 0. The van der Waals surface area contributed by atoms with Gasteiger partial charge in [0, 0.05) is 11.9 Å². The van der Waals surface area contributed by atoms with Crippen molar-refractivity contribution in [2.45, 2.75) is 12.7 Å². The maximum atomic E-state index is 11.5. The number of nitrogens with two attached hydrogens (primary N) is 2. The Kier molecular flexibility index (Phi) is 6.39. The summed E-state index contributed by atoms with van der Waals surface area (Å²) in [5.74, 6) is 10.6. The summed E-state index contributed by atoms with van der Waals surface area (Å²) in [6, 6.07) is 1.35. The first-order chi connectivity index (χ1) is 12.4. The highest BCUT2D eigenvalue weighted by molar-refractivity contribution is 8.02. The number of carbonyl (C=O) groups is 1. The van der Waals surface area contributed by atoms with E-state index >= 15 is 0 Å². The lowest BCUT2D eigenvalue weighted by molar-refractivity contribution is 0.0696. The third-order valence-electron chi connectivity index (χ3n) is 3.54. The van der Waals surface area contributed by atoms with Crippen LogP contribution in [0.5, 0.6) is 0 Å². The summed E-state index contributed by atoms with van der Waals surface area (Å²) in [6.07, 6.45) is 6.70. The average Bonchev–Trinajstić information content (AvgIpc) is 3.03. The number of aromatic nitrogens is 2. The molecule has 2 aromatic heterocycles. The quantitative estimate of drug-likeness (QED) is 0.186. The number of nitrogens with zero attached hydrogens (tertiary/aromatic N) is 4. The van der Waals surface area contributed by atoms with E-state index in [-0.39, 0.29) is 17.1 Å². The van der Waals surface area contributed by atoms with Crippen molar-refractivity contribution >= 4 is 34.9 Å². The number of hydrogen-bond donors (Lipinski definition) is 4. The van der Waals surface area contributed by atoms with E-state index in [0.29, 0.717) is 11.4 Å². The predicted molar refractivity (Wildman–Crippen MR) is 103 cm³/mol. The second-order valence-corrected chi connectivity index (χ2v) is 6.46. The van der Waals surface area contributed by atoms with Gasteiger partial charge in [-0.25, -0.2) is 15.6 Å². The van der Waals surface area contributed by atoms with E-state index in [2.05, 4.69) is 16.7 Å². The topological polar surface area (TPSA) is 142 Å². The molecule has 0 fully saturated rings. The first kappa shape index (κ1) is 19.5. The SMILES string of the molecule is C=C/C=C(/C)SCc1cnc2c(N(N)/C(CO)=N\N)cc(C(=O)O)cn12. The maximum Gasteiger partial charge on any atom is 0.337 e. The lowest BCUT2D eigenvalue weighted by atomic mass is 10.2. The molecule has 0 aliphatic heterocycles. The number of carboxylic acids is 1. The molecule has 2 aromatic rings. The molecule has 0 aliphatic rings. The van der Waals surface area contributed by atoms with Gasteiger partial charge < -0.3 is 20.5 Å². The van der Waals surface area contributed by atoms with Crippen LogP contribution in [-0.4, -0.2) is 38.0 Å². The third kappa shape index (κ3) is 4.04. The van der Waals surface area contributed by atoms with E-state index in [0.717, 1.165) is 15.6 Å². The Labute approximate surface area is 154 Å². The van der Waals surface area contributed by atoms with Gasteiger partial charge in [-0.15, -0.1) is 11.8 Å². The van der Waals surface area contributed by atoms with Crippen LogP contribution in [0.25, 0.3) is 5.65 Å². The van der Waals surface area contributed by atoms with E-state index in [1.165, 1.54) is 12.3 Å². The number of aliphatic hydroxyl groups excluding tert-OH is 1. The number of fused-ring (bicyclic) bond motifs is 1. The number of thioether (sulfide) groups is 1. The van der Waals surface area contributed by atoms with E-state index < -0.39 is 12.6 Å². The number of amidine groups is 1. The largest absolute Gasteiger partial charge is 0.478 e. The van der Waals surface area contributed by atoms with Crippen LogP contribution >= 0.6 is 11.8 Å². The van der Waals surface area contributed by atoms with Gasteiger partial charge in [0.05, 0.1) is 17.5 Å². The standard InChI is InChI=1S/C16H20N6O3S/c1-3-4-10(2)26-9-12-6-19-15-13(22(18)14(8-23)20-17)5-11(16(24)25)7-21(12)15/h3-7,23H,1,8-9,17-18H2,2H3,(H,24,25)/b10-4-,20-14-. The summed E-state index contributed by atoms with van der Waals surface area (Å²) >= 11 is 1.57. The minimum Gasteiger partial charge on any atom is -0.478 e. The minimum atomic E-state index is -1.12. The average molecular weight is 376 g/mol. The Morgan fingerprint density at radius 2 is 2.31 bits per heavy atom. The zero-order chi connectivity index (χ0) is 19.3. The number of anilines is 1. The molecule has 2 heterocycles. The molecular formula is C16H20N6O3S. The van der Waals surface area contributed by atoms with Gasteiger partial charge in [0.2, 0.25) is 0 Å². The summed E-state index contributed by atoms with van der Waals surface area (Å²) < 4.78 is 1.65. The zero-order valence-electron chi connectivity index (χ0n) is 14.2. The number of allylic oxidation sites excluding steroid dienone is 3. The molecule has 0 aliphatic carbocycles. The maximum absolute atomic E-state index is 11.5. The molecule has 26 heavy (non-hydrogen) atoms. The fraction of sp³-hybridized carbons (Fsp3) is 0.188. The zero-order valence-corrected chi connectivity index (χ0v) is 15.0. The first-order valence-corrected chi connectivity index (χ1v) is 8.49. The number of hydrogen-bond acceptors (Lipinski definition) is 7. The Bertz CT molecular complexity index is 889. The number of hydrazine groups is 1. The molecule has 0 radical (unpaired) electrons. The van der Waals surface area contributed by atoms with Gasteiger partial charge >= 0.3 is 5.97 Å². The van der Waals surface area contributed by atoms with E-state index in [9.17, 15) is 15.0 Å². The van der Waals surface area contributed by atoms with Crippen molar-refractivity contribution in [3.63, 3.8) is 0 Å². The van der Waals surface area contributed by atoms with Crippen LogP contribution in [-0.2, 0) is 5.75 Å². The van der Waals surface area contributed by atoms with Crippen molar-refractivity contribution in [2.75, 3.05) is 11.6 Å². The summed E-state index contributed by atoms with van der Waals surface area (Å²) in [6.45, 7) is 5.10. The molecule has 0 saturated heterocycles. The molecule has 0 amide bonds. The number of carboxylic acid groups (broad SMARTS) is 1. The van der Waals surface area contributed by atoms with Gasteiger partial charge in [-0.1, -0.05) is 18.7 Å². The van der Waals surface area contributed by atoms with Crippen LogP contribution in [0, 0.1) is 0 Å². The lowest BCUT2D eigenvalue weighted by Gasteiger charge is -2.20. The Hall–Kier alpha value is -2.82. The lowest BCUT2D eigenvalue weighted by Crippen LogP contribution is -2.40. The van der Waals surface area contributed by atoms with Crippen LogP contribution in [0.3, 0.4) is 0 Å². The molecule has 0 unspecified atom stereocenters. The van der Waals surface area contributed by atoms with E-state index in [4.69, 9.17) is 11.7 Å². The van der Waals surface area contributed by atoms with Gasteiger partial charge in [0.15, 0.2) is 11.5 Å². The number of hydrazone groups is 1. The van der Waals surface area contributed by atoms with Gasteiger partial charge in [-0.05, 0) is 17.9 Å². The van der Waals surface area contributed by atoms with Crippen LogP contribution < -0.4 is 16.7 Å². The fourth-order valence-corrected chi connectivity index (χ4v) is 3.02. The van der Waals surface area contributed by atoms with Crippen molar-refractivity contribution in [1.82, 2.24) is 9.38 Å². The molecule has 0 atom stereocenters. The number of imidazole rings is 1. The van der Waals surface area contributed by atoms with Crippen LogP contribution in [0.15, 0.2) is 47.2 Å². The molecular weight excluding hydrogens is 356 g/mol. The molecule has 2 rings (SSSR count). The van der Waals surface area contributed by atoms with Gasteiger partial charge in [-0.3, -0.25) is 5.01 Å². The van der Waals surface area contributed by atoms with Crippen molar-refractivity contribution in [3.05, 3.63) is 53.4 Å². The molecule has 0 aromatic carbocycles. The summed E-state index contributed by atoms with van der Waals surface area (Å²) in [5.41, 5.74) is 1.49. The van der Waals surface area contributed by atoms with E-state index in [1.807, 2.05) is 13.0 Å². The van der Waals surface area contributed by atoms with Gasteiger partial charge in [-0.2, -0.15) is 5.10 Å². The van der Waals surface area contributed by atoms with Crippen molar-refractivity contribution in [2.24, 2.45) is 16.8 Å². The number of rotatable bonds is 7. The second-order valence-electron chi connectivity index (χ2n) is 5.24. The number of pyridine rings is 1. The van der Waals surface area contributed by atoms with Crippen molar-refractivity contribution < 1.29 is 15.0 Å². The van der Waals surface area contributed by atoms with Crippen LogP contribution in [0.1, 0.15) is 23.0 Å².